The third-order valence-electron chi connectivity index (χ3n) is 5.35. The fourth-order valence-electron chi connectivity index (χ4n) is 3.54. The second kappa shape index (κ2) is 11.5. The van der Waals surface area contributed by atoms with Crippen LogP contribution >= 0.6 is 11.6 Å². The second-order valence-corrected chi connectivity index (χ2v) is 10.3. The number of carbonyl (C=O) groups excluding carboxylic acids is 1. The molecule has 0 saturated heterocycles. The number of nitrogens with zero attached hydrogens (tertiary/aromatic N) is 1. The quantitative estimate of drug-likeness (QED) is 0.419. The van der Waals surface area contributed by atoms with Crippen LogP contribution in [0.15, 0.2) is 77.7 Å². The molecule has 1 N–H and O–H groups in total. The van der Waals surface area contributed by atoms with Crippen LogP contribution in [0.3, 0.4) is 0 Å². The van der Waals surface area contributed by atoms with Crippen LogP contribution in [-0.4, -0.2) is 31.8 Å². The van der Waals surface area contributed by atoms with Crippen LogP contribution in [-0.2, 0) is 21.4 Å². The molecular formula is C26H29ClN2O4S. The van der Waals surface area contributed by atoms with Gasteiger partial charge in [-0.05, 0) is 67.8 Å². The van der Waals surface area contributed by atoms with E-state index in [0.717, 1.165) is 11.1 Å². The first-order valence-electron chi connectivity index (χ1n) is 11.0. The van der Waals surface area contributed by atoms with Crippen LogP contribution in [0.5, 0.6) is 5.75 Å². The lowest BCUT2D eigenvalue weighted by molar-refractivity contribution is -0.122. The van der Waals surface area contributed by atoms with Crippen molar-refractivity contribution in [2.45, 2.75) is 38.3 Å². The molecule has 34 heavy (non-hydrogen) atoms. The Morgan fingerprint density at radius 1 is 1.06 bits per heavy atom. The summed E-state index contributed by atoms with van der Waals surface area (Å²) in [6.07, 6.45) is 0. The number of benzene rings is 3. The van der Waals surface area contributed by atoms with Crippen LogP contribution in [0.1, 0.15) is 36.6 Å². The van der Waals surface area contributed by atoms with Gasteiger partial charge in [0.15, 0.2) is 0 Å². The van der Waals surface area contributed by atoms with Gasteiger partial charge in [-0.3, -0.25) is 4.79 Å². The molecule has 0 heterocycles. The minimum absolute atomic E-state index is 0.0676. The highest BCUT2D eigenvalue weighted by Gasteiger charge is 2.28. The second-order valence-electron chi connectivity index (χ2n) is 7.96. The van der Waals surface area contributed by atoms with Gasteiger partial charge in [-0.25, -0.2) is 8.42 Å². The van der Waals surface area contributed by atoms with Gasteiger partial charge < -0.3 is 10.1 Å². The van der Waals surface area contributed by atoms with Crippen molar-refractivity contribution >= 4 is 27.5 Å². The van der Waals surface area contributed by atoms with Crippen molar-refractivity contribution < 1.29 is 17.9 Å². The Morgan fingerprint density at radius 3 is 2.35 bits per heavy atom. The predicted molar refractivity (Wildman–Crippen MR) is 134 cm³/mol. The van der Waals surface area contributed by atoms with Crippen LogP contribution in [0, 0.1) is 6.92 Å². The number of aryl methyl sites for hydroxylation is 1. The third kappa shape index (κ3) is 6.59. The van der Waals surface area contributed by atoms with E-state index in [2.05, 4.69) is 5.32 Å². The van der Waals surface area contributed by atoms with Crippen molar-refractivity contribution in [3.63, 3.8) is 0 Å². The maximum Gasteiger partial charge on any atom is 0.243 e. The molecule has 3 aromatic rings. The molecule has 0 aromatic heterocycles. The number of nitrogens with one attached hydrogen (secondary N) is 1. The van der Waals surface area contributed by atoms with E-state index < -0.39 is 15.9 Å². The topological polar surface area (TPSA) is 75.7 Å². The molecule has 0 fully saturated rings. The van der Waals surface area contributed by atoms with E-state index in [4.69, 9.17) is 16.3 Å². The van der Waals surface area contributed by atoms with E-state index >= 15 is 0 Å². The first kappa shape index (κ1) is 25.7. The van der Waals surface area contributed by atoms with E-state index in [9.17, 15) is 13.2 Å². The summed E-state index contributed by atoms with van der Waals surface area (Å²) >= 11 is 5.95. The largest absolute Gasteiger partial charge is 0.494 e. The standard InChI is InChI=1S/C26H29ClN2O4S/c1-4-33-25-15-14-24(16-19(25)2)34(31,32)29(17-21-8-6-5-7-9-21)18-26(30)28-20(3)22-10-12-23(27)13-11-22/h5-16,20H,4,17-18H2,1-3H3,(H,28,30)/t20-/m1/s1. The Morgan fingerprint density at radius 2 is 1.74 bits per heavy atom. The summed E-state index contributed by atoms with van der Waals surface area (Å²) in [6.45, 7) is 5.74. The minimum Gasteiger partial charge on any atom is -0.494 e. The molecule has 0 saturated carbocycles. The Bertz CT molecular complexity index is 1220. The lowest BCUT2D eigenvalue weighted by atomic mass is 10.1. The lowest BCUT2D eigenvalue weighted by Gasteiger charge is -2.24. The van der Waals surface area contributed by atoms with Gasteiger partial charge in [0.1, 0.15) is 5.75 Å². The molecule has 0 aliphatic carbocycles. The molecule has 3 aromatic carbocycles. The van der Waals surface area contributed by atoms with E-state index in [1.54, 1.807) is 31.2 Å². The van der Waals surface area contributed by atoms with Gasteiger partial charge in [-0.1, -0.05) is 54.1 Å². The van der Waals surface area contributed by atoms with Gasteiger partial charge in [0.2, 0.25) is 15.9 Å². The van der Waals surface area contributed by atoms with Gasteiger partial charge in [0, 0.05) is 11.6 Å². The summed E-state index contributed by atoms with van der Waals surface area (Å²) in [5.74, 6) is 0.232. The molecule has 0 unspecified atom stereocenters. The maximum absolute atomic E-state index is 13.6. The zero-order valence-corrected chi connectivity index (χ0v) is 21.1. The van der Waals surface area contributed by atoms with Gasteiger partial charge in [0.05, 0.1) is 24.1 Å². The summed E-state index contributed by atoms with van der Waals surface area (Å²) in [5, 5.41) is 3.49. The first-order valence-corrected chi connectivity index (χ1v) is 12.8. The number of rotatable bonds is 10. The van der Waals surface area contributed by atoms with Crippen LogP contribution < -0.4 is 10.1 Å². The zero-order chi connectivity index (χ0) is 24.7. The normalized spacial score (nSPS) is 12.4. The zero-order valence-electron chi connectivity index (χ0n) is 19.5. The van der Waals surface area contributed by atoms with Crippen LogP contribution in [0.4, 0.5) is 0 Å². The fourth-order valence-corrected chi connectivity index (χ4v) is 5.14. The Labute approximate surface area is 206 Å². The van der Waals surface area contributed by atoms with Gasteiger partial charge in [-0.15, -0.1) is 0 Å². The number of carbonyl (C=O) groups is 1. The van der Waals surface area contributed by atoms with Crippen molar-refractivity contribution in [3.05, 3.63) is 94.5 Å². The highest BCUT2D eigenvalue weighted by molar-refractivity contribution is 7.89. The Hall–Kier alpha value is -2.87. The molecule has 0 aliphatic heterocycles. The van der Waals surface area contributed by atoms with E-state index in [1.807, 2.05) is 56.3 Å². The van der Waals surface area contributed by atoms with Gasteiger partial charge in [-0.2, -0.15) is 4.31 Å². The lowest BCUT2D eigenvalue weighted by Crippen LogP contribution is -2.41. The molecule has 1 atom stereocenters. The molecule has 1 amide bonds. The number of amides is 1. The highest BCUT2D eigenvalue weighted by Crippen LogP contribution is 2.25. The van der Waals surface area contributed by atoms with Crippen LogP contribution in [0.25, 0.3) is 0 Å². The molecule has 8 heteroatoms. The van der Waals surface area contributed by atoms with Gasteiger partial charge in [0.25, 0.3) is 0 Å². The van der Waals surface area contributed by atoms with Crippen molar-refractivity contribution in [2.75, 3.05) is 13.2 Å². The summed E-state index contributed by atoms with van der Waals surface area (Å²) < 4.78 is 33.9. The van der Waals surface area contributed by atoms with Crippen molar-refractivity contribution in [3.8, 4) is 5.75 Å². The van der Waals surface area contributed by atoms with Crippen molar-refractivity contribution in [1.29, 1.82) is 0 Å². The van der Waals surface area contributed by atoms with Crippen LogP contribution in [0.2, 0.25) is 5.02 Å². The summed E-state index contributed by atoms with van der Waals surface area (Å²) in [7, 11) is -3.96. The molecule has 0 spiro atoms. The number of sulfonamides is 1. The molecule has 6 nitrogen and oxygen atoms in total. The fraction of sp³-hybridized carbons (Fsp3) is 0.269. The molecule has 0 radical (unpaired) electrons. The number of halogens is 1. The van der Waals surface area contributed by atoms with Crippen molar-refractivity contribution in [1.82, 2.24) is 9.62 Å². The Balaban J connectivity index is 1.85. The maximum atomic E-state index is 13.6. The summed E-state index contributed by atoms with van der Waals surface area (Å²) in [4.78, 5) is 13.0. The van der Waals surface area contributed by atoms with E-state index in [1.165, 1.54) is 10.4 Å². The van der Waals surface area contributed by atoms with Crippen molar-refractivity contribution in [2.24, 2.45) is 0 Å². The average Bonchev–Trinajstić information content (AvgIpc) is 2.81. The molecule has 0 bridgehead atoms. The summed E-state index contributed by atoms with van der Waals surface area (Å²) in [5.41, 5.74) is 2.37. The Kier molecular flexibility index (Phi) is 8.72. The summed E-state index contributed by atoms with van der Waals surface area (Å²) in [6, 6.07) is 20.8. The smallest absolute Gasteiger partial charge is 0.243 e. The molecular weight excluding hydrogens is 472 g/mol. The number of ether oxygens (including phenoxy) is 1. The highest BCUT2D eigenvalue weighted by atomic mass is 35.5. The van der Waals surface area contributed by atoms with E-state index in [-0.39, 0.29) is 24.0 Å². The molecule has 180 valence electrons. The molecule has 0 aliphatic rings. The number of hydrogen-bond acceptors (Lipinski definition) is 4. The van der Waals surface area contributed by atoms with E-state index in [0.29, 0.717) is 22.9 Å². The van der Waals surface area contributed by atoms with Gasteiger partial charge >= 0.3 is 0 Å². The monoisotopic (exact) mass is 500 g/mol. The molecule has 3 rings (SSSR count). The third-order valence-corrected chi connectivity index (χ3v) is 7.39. The minimum atomic E-state index is -3.96. The SMILES string of the molecule is CCOc1ccc(S(=O)(=O)N(CC(=O)N[C@H](C)c2ccc(Cl)cc2)Cc2ccccc2)cc1C. The average molecular weight is 501 g/mol. The first-order chi connectivity index (χ1) is 16.2. The number of hydrogen-bond donors (Lipinski definition) is 1. The predicted octanol–water partition coefficient (Wildman–Crippen LogP) is 5.12.